The van der Waals surface area contributed by atoms with E-state index in [0.717, 1.165) is 0 Å². The average Bonchev–Trinajstić information content (AvgIpc) is 0. The Hall–Kier alpha value is 3.39. The summed E-state index contributed by atoms with van der Waals surface area (Å²) in [5.41, 5.74) is 0. The van der Waals surface area contributed by atoms with Crippen molar-refractivity contribution < 1.29 is 22.7 Å². The van der Waals surface area contributed by atoms with Crippen LogP contribution >= 0.6 is 0 Å². The minimum atomic E-state index is 0. The first kappa shape index (κ1) is 57.6. The topological polar surface area (TPSA) is 0 Å². The van der Waals surface area contributed by atoms with Gasteiger partial charge in [-0.15, -0.1) is 0 Å². The van der Waals surface area contributed by atoms with Crippen LogP contribution in [0.4, 0.5) is 14.1 Å². The molecule has 0 N–H and O–H groups in total. The Kier molecular flexibility index (Phi) is 383. The minimum absolute atomic E-state index is 0. The Bertz CT molecular complexity index is 22.8. The van der Waals surface area contributed by atoms with Gasteiger partial charge in [-0.2, -0.15) is 0 Å². The molecule has 0 radical (unpaired) electrons. The zero-order chi connectivity index (χ0) is 0. The second kappa shape index (κ2) is 39.9. The second-order valence-corrected chi connectivity index (χ2v) is 0. The molecule has 0 saturated heterocycles. The van der Waals surface area contributed by atoms with Crippen molar-refractivity contribution in [2.24, 2.45) is 0 Å². The van der Waals surface area contributed by atoms with Crippen LogP contribution in [0.5, 0.6) is 0 Å². The van der Waals surface area contributed by atoms with Gasteiger partial charge in [0.2, 0.25) is 0 Å². The van der Waals surface area contributed by atoms with Crippen LogP contribution in [-0.4, -0.2) is 110 Å². The van der Waals surface area contributed by atoms with Crippen LogP contribution in [0.2, 0.25) is 0 Å². The van der Waals surface area contributed by atoms with Crippen LogP contribution in [0.1, 0.15) is 8.56 Å². The molecule has 6 heteroatoms. The van der Waals surface area contributed by atoms with Gasteiger partial charge in [0, 0.05) is 0 Å². The first-order valence-electron chi connectivity index (χ1n) is 0. The van der Waals surface area contributed by atoms with E-state index in [1.54, 1.807) is 0 Å². The van der Waals surface area contributed by atoms with Crippen molar-refractivity contribution in [3.05, 3.63) is 0 Å². The standard InChI is InChI=1S/Ba.Ca.3FH.Mg.6H/h;;3*1H;;;;;;;/q2*+2;;;;+2;6*-1. The Labute approximate surface area is 129 Å². The van der Waals surface area contributed by atoms with E-state index < -0.39 is 0 Å². The van der Waals surface area contributed by atoms with Crippen molar-refractivity contribution in [3.8, 4) is 0 Å². The van der Waals surface area contributed by atoms with Gasteiger partial charge >= 0.3 is 110 Å². The summed E-state index contributed by atoms with van der Waals surface area (Å²) < 4.78 is 0. The number of rotatable bonds is 0. The van der Waals surface area contributed by atoms with Crippen molar-refractivity contribution in [1.29, 1.82) is 0 Å². The normalized spacial score (nSPS) is 0. The van der Waals surface area contributed by atoms with Crippen LogP contribution in [0.25, 0.3) is 0 Å². The molecule has 0 atom stereocenters. The first-order valence-corrected chi connectivity index (χ1v) is 0. The van der Waals surface area contributed by atoms with Gasteiger partial charge in [0.15, 0.2) is 0 Å². The molecule has 36 valence electrons. The van der Waals surface area contributed by atoms with Gasteiger partial charge in [-0.25, -0.2) is 0 Å². The van der Waals surface area contributed by atoms with Crippen molar-refractivity contribution in [2.45, 2.75) is 0 Å². The molecule has 0 aliphatic carbocycles. The van der Waals surface area contributed by atoms with Gasteiger partial charge in [0.05, 0.1) is 0 Å². The van der Waals surface area contributed by atoms with Gasteiger partial charge in [-0.05, 0) is 0 Å². The number of halogens is 3. The third kappa shape index (κ3) is 26.3. The molecule has 0 rings (SSSR count). The zero-order valence-corrected chi connectivity index (χ0v) is 11.4. The monoisotopic (exact) mass is 268 g/mol. The second-order valence-electron chi connectivity index (χ2n) is 0. The Balaban J connectivity index is 0. The molecule has 0 bridgehead atoms. The van der Waals surface area contributed by atoms with Crippen LogP contribution in [0.3, 0.4) is 0 Å². The summed E-state index contributed by atoms with van der Waals surface area (Å²) >= 11 is 0. The van der Waals surface area contributed by atoms with E-state index in [4.69, 9.17) is 0 Å². The third-order valence-corrected chi connectivity index (χ3v) is 0. The van der Waals surface area contributed by atoms with Crippen molar-refractivity contribution >= 4 is 110 Å². The maximum absolute atomic E-state index is 0. The van der Waals surface area contributed by atoms with Gasteiger partial charge < -0.3 is 8.56 Å². The molecule has 0 aliphatic rings. The zero-order valence-electron chi connectivity index (χ0n) is 9.35. The molecule has 0 aliphatic heterocycles. The predicted molar refractivity (Wildman–Crippen MR) is 31.4 cm³/mol. The van der Waals surface area contributed by atoms with E-state index >= 15 is 0 Å². The summed E-state index contributed by atoms with van der Waals surface area (Å²) in [5, 5.41) is 0. The van der Waals surface area contributed by atoms with E-state index in [9.17, 15) is 0 Å². The maximum atomic E-state index is 0. The van der Waals surface area contributed by atoms with Gasteiger partial charge in [-0.3, -0.25) is 14.1 Å². The van der Waals surface area contributed by atoms with Crippen molar-refractivity contribution in [2.75, 3.05) is 0 Å². The fraction of sp³-hybridized carbons (Fsp3) is 0. The Morgan fingerprint density at radius 2 is 0.833 bits per heavy atom. The van der Waals surface area contributed by atoms with Gasteiger partial charge in [0.25, 0.3) is 0 Å². The molecule has 0 fully saturated rings. The molecule has 0 aromatic carbocycles. The van der Waals surface area contributed by atoms with Crippen LogP contribution < -0.4 is 0 Å². The molecule has 0 aromatic heterocycles. The fourth-order valence-corrected chi connectivity index (χ4v) is 0. The molecule has 0 nitrogen and oxygen atoms in total. The summed E-state index contributed by atoms with van der Waals surface area (Å²) in [7, 11) is 0. The summed E-state index contributed by atoms with van der Waals surface area (Å²) in [6, 6.07) is 0. The fourth-order valence-electron chi connectivity index (χ4n) is 0. The van der Waals surface area contributed by atoms with E-state index in [0.29, 0.717) is 0 Å². The van der Waals surface area contributed by atoms with Gasteiger partial charge in [-0.1, -0.05) is 0 Å². The minimum Gasteiger partial charge on any atom is -1.00 e. The Morgan fingerprint density at radius 1 is 0.833 bits per heavy atom. The smallest absolute Gasteiger partial charge is 1.00 e. The van der Waals surface area contributed by atoms with E-state index in [-0.39, 0.29) is 132 Å². The maximum Gasteiger partial charge on any atom is 2.00 e. The molecule has 0 spiro atoms. The molecule has 0 saturated carbocycles. The molecular formula is H9BaCaF3Mg. The average molecular weight is 268 g/mol. The summed E-state index contributed by atoms with van der Waals surface area (Å²) in [6.07, 6.45) is 0. The molecule has 0 amide bonds. The van der Waals surface area contributed by atoms with Gasteiger partial charge in [0.1, 0.15) is 0 Å². The quantitative estimate of drug-likeness (QED) is 0.542. The third-order valence-electron chi connectivity index (χ3n) is 0. The first-order chi connectivity index (χ1) is 0. The molecular weight excluding hydrogens is 259 g/mol. The van der Waals surface area contributed by atoms with E-state index in [1.165, 1.54) is 0 Å². The SMILES string of the molecule is F.F.F.[Ba+2].[Ca+2].[H-].[H-].[H-].[H-].[H-].[H-].[Mg+2]. The van der Waals surface area contributed by atoms with Crippen LogP contribution in [-0.2, 0) is 0 Å². The van der Waals surface area contributed by atoms with E-state index in [2.05, 4.69) is 0 Å². The molecule has 0 unspecified atom stereocenters. The summed E-state index contributed by atoms with van der Waals surface area (Å²) in [5.74, 6) is 0. The summed E-state index contributed by atoms with van der Waals surface area (Å²) in [6.45, 7) is 0. The summed E-state index contributed by atoms with van der Waals surface area (Å²) in [4.78, 5) is 0. The molecule has 0 heterocycles. The van der Waals surface area contributed by atoms with E-state index in [1.807, 2.05) is 0 Å². The molecule has 6 heavy (non-hydrogen) atoms. The van der Waals surface area contributed by atoms with Crippen molar-refractivity contribution in [1.82, 2.24) is 0 Å². The number of hydrogen-bond donors (Lipinski definition) is 0. The van der Waals surface area contributed by atoms with Crippen LogP contribution in [0, 0.1) is 0 Å². The predicted octanol–water partition coefficient (Wildman–Crippen LogP) is -0.00990. The molecule has 0 aromatic rings. The van der Waals surface area contributed by atoms with Crippen molar-refractivity contribution in [3.63, 3.8) is 0 Å². The Morgan fingerprint density at radius 3 is 0.833 bits per heavy atom. The number of hydrogen-bond acceptors (Lipinski definition) is 0. The van der Waals surface area contributed by atoms with Crippen LogP contribution in [0.15, 0.2) is 0 Å². The largest absolute Gasteiger partial charge is 2.00 e.